The van der Waals surface area contributed by atoms with Crippen LogP contribution in [-0.4, -0.2) is 40.7 Å². The van der Waals surface area contributed by atoms with Crippen LogP contribution < -0.4 is 15.4 Å². The van der Waals surface area contributed by atoms with Crippen molar-refractivity contribution in [1.82, 2.24) is 20.3 Å². The van der Waals surface area contributed by atoms with Crippen LogP contribution in [0.1, 0.15) is 17.0 Å². The molecule has 0 fully saturated rings. The molecule has 34 heavy (non-hydrogen) atoms. The van der Waals surface area contributed by atoms with Gasteiger partial charge in [-0.25, -0.2) is 9.97 Å². The van der Waals surface area contributed by atoms with Crippen molar-refractivity contribution in [2.45, 2.75) is 19.4 Å². The first-order chi connectivity index (χ1) is 16.7. The fourth-order valence-electron chi connectivity index (χ4n) is 3.55. The number of rotatable bonds is 6. The second kappa shape index (κ2) is 11.6. The molecule has 1 aliphatic rings. The van der Waals surface area contributed by atoms with E-state index in [1.54, 1.807) is 6.20 Å². The third-order valence-corrected chi connectivity index (χ3v) is 5.38. The Morgan fingerprint density at radius 1 is 1.06 bits per heavy atom. The predicted octanol–water partition coefficient (Wildman–Crippen LogP) is 4.34. The molecule has 7 nitrogen and oxygen atoms in total. The van der Waals surface area contributed by atoms with Crippen molar-refractivity contribution in [3.05, 3.63) is 96.1 Å². The summed E-state index contributed by atoms with van der Waals surface area (Å²) < 4.78 is 6.01. The van der Waals surface area contributed by atoms with Crippen molar-refractivity contribution >= 4 is 5.69 Å². The lowest BCUT2D eigenvalue weighted by molar-refractivity contribution is 0.194. The molecule has 0 saturated heterocycles. The maximum atomic E-state index is 8.84. The van der Waals surface area contributed by atoms with Gasteiger partial charge in [0.25, 0.3) is 0 Å². The Labute approximate surface area is 199 Å². The van der Waals surface area contributed by atoms with Crippen LogP contribution >= 0.6 is 0 Å². The number of aromatic nitrogens is 3. The number of benzene rings is 2. The summed E-state index contributed by atoms with van der Waals surface area (Å²) in [5.74, 6) is 1.51. The number of nitrogens with one attached hydrogen (secondary N) is 3. The van der Waals surface area contributed by atoms with Crippen molar-refractivity contribution in [2.24, 2.45) is 0 Å². The van der Waals surface area contributed by atoms with E-state index in [-0.39, 0.29) is 6.10 Å². The minimum atomic E-state index is 0.0289. The second-order valence-electron chi connectivity index (χ2n) is 8.00. The van der Waals surface area contributed by atoms with Crippen LogP contribution in [0.25, 0.3) is 11.3 Å². The number of nitrogens with zero attached hydrogens (tertiary/aromatic N) is 3. The smallest absolute Gasteiger partial charge is 0.237 e. The van der Waals surface area contributed by atoms with Gasteiger partial charge >= 0.3 is 0 Å². The first-order valence-electron chi connectivity index (χ1n) is 11.3. The third-order valence-electron chi connectivity index (χ3n) is 5.38. The summed E-state index contributed by atoms with van der Waals surface area (Å²) >= 11 is 0. The molecule has 3 N–H and O–H groups in total. The number of anilines is 1. The molecule has 172 valence electrons. The molecule has 5 rings (SSSR count). The number of hydrogen-bond donors (Lipinski definition) is 3. The molecule has 0 bridgehead atoms. The summed E-state index contributed by atoms with van der Waals surface area (Å²) in [6.07, 6.45) is 4.55. The van der Waals surface area contributed by atoms with Gasteiger partial charge in [0.05, 0.1) is 35.8 Å². The Morgan fingerprint density at radius 2 is 1.79 bits per heavy atom. The van der Waals surface area contributed by atoms with Gasteiger partial charge in [-0.3, -0.25) is 0 Å². The van der Waals surface area contributed by atoms with Crippen LogP contribution in [0.3, 0.4) is 0 Å². The number of imidazole rings is 1. The number of fused-ring (bicyclic) bond motifs is 1. The number of H-pyrrole nitrogens is 1. The topological polar surface area (TPSA) is 98.7 Å². The number of aromatic amines is 1. The van der Waals surface area contributed by atoms with E-state index in [1.165, 1.54) is 5.56 Å². The van der Waals surface area contributed by atoms with Gasteiger partial charge in [0.1, 0.15) is 11.9 Å². The Morgan fingerprint density at radius 3 is 2.44 bits per heavy atom. The summed E-state index contributed by atoms with van der Waals surface area (Å²) in [5, 5.41) is 15.7. The molecule has 3 heterocycles. The zero-order valence-electron chi connectivity index (χ0n) is 19.2. The molecule has 0 spiro atoms. The van der Waals surface area contributed by atoms with Gasteiger partial charge in [0.2, 0.25) is 5.88 Å². The monoisotopic (exact) mass is 452 g/mol. The van der Waals surface area contributed by atoms with Gasteiger partial charge < -0.3 is 20.4 Å². The molecule has 1 unspecified atom stereocenters. The molecule has 1 atom stereocenters. The fraction of sp³-hybridized carbons (Fsp3) is 0.222. The van der Waals surface area contributed by atoms with Crippen LogP contribution in [0.15, 0.2) is 79.1 Å². The minimum absolute atomic E-state index is 0.0289. The van der Waals surface area contributed by atoms with Gasteiger partial charge in [0, 0.05) is 18.3 Å². The molecule has 0 aliphatic carbocycles. The Hall–Kier alpha value is -4.15. The van der Waals surface area contributed by atoms with Crippen LogP contribution in [0, 0.1) is 18.3 Å². The first kappa shape index (κ1) is 23.0. The van der Waals surface area contributed by atoms with E-state index in [9.17, 15) is 0 Å². The van der Waals surface area contributed by atoms with Crippen molar-refractivity contribution in [1.29, 1.82) is 5.26 Å². The number of pyridine rings is 1. The first-order valence-corrected chi connectivity index (χ1v) is 11.3. The van der Waals surface area contributed by atoms with Crippen LogP contribution in [-0.2, 0) is 6.42 Å². The molecule has 0 saturated carbocycles. The van der Waals surface area contributed by atoms with Crippen molar-refractivity contribution < 1.29 is 4.74 Å². The van der Waals surface area contributed by atoms with Crippen LogP contribution in [0.2, 0.25) is 0 Å². The average Bonchev–Trinajstić information content (AvgIpc) is 3.34. The van der Waals surface area contributed by atoms with Crippen LogP contribution in [0.4, 0.5) is 5.69 Å². The molecule has 0 radical (unpaired) electrons. The lowest BCUT2D eigenvalue weighted by Crippen LogP contribution is -2.40. The van der Waals surface area contributed by atoms with Gasteiger partial charge in [-0.05, 0) is 43.7 Å². The predicted molar refractivity (Wildman–Crippen MR) is 134 cm³/mol. The molecule has 0 amide bonds. The van der Waals surface area contributed by atoms with Gasteiger partial charge in [0.15, 0.2) is 0 Å². The molecular weight excluding hydrogens is 424 g/mol. The lowest BCUT2D eigenvalue weighted by Gasteiger charge is -2.27. The van der Waals surface area contributed by atoms with E-state index < -0.39 is 0 Å². The maximum Gasteiger partial charge on any atom is 0.237 e. The summed E-state index contributed by atoms with van der Waals surface area (Å²) in [7, 11) is 0. The molecule has 4 aromatic rings. The van der Waals surface area contributed by atoms with Crippen molar-refractivity contribution in [3.8, 4) is 23.2 Å². The highest BCUT2D eigenvalue weighted by molar-refractivity contribution is 5.67. The lowest BCUT2D eigenvalue weighted by atomic mass is 10.1. The van der Waals surface area contributed by atoms with E-state index in [1.807, 2.05) is 79.9 Å². The number of aryl methyl sites for hydroxylation is 1. The van der Waals surface area contributed by atoms with E-state index in [2.05, 4.69) is 31.7 Å². The standard InChI is InChI=1S/C21H22N6O.C6H6/c1-14-24-13-20(27-14)17-8-19-21(26-10-17)28-18(12-25-19)11-23-7-6-15-2-4-16(9-22)5-3-15;1-2-4-6-5-3-1/h2-5,8,10,13,18,23,25H,6-7,11-12H2,1H3,(H,24,27);1-6H. The van der Waals surface area contributed by atoms with E-state index in [0.29, 0.717) is 11.4 Å². The molecule has 7 heteroatoms. The number of nitriles is 1. The van der Waals surface area contributed by atoms with Crippen LogP contribution in [0.5, 0.6) is 5.88 Å². The van der Waals surface area contributed by atoms with E-state index in [0.717, 1.165) is 48.8 Å². The second-order valence-corrected chi connectivity index (χ2v) is 8.00. The third kappa shape index (κ3) is 6.44. The molecular formula is C27H28N6O. The minimum Gasteiger partial charge on any atom is -0.470 e. The quantitative estimate of drug-likeness (QED) is 0.376. The zero-order chi connectivity index (χ0) is 23.6. The molecule has 1 aliphatic heterocycles. The highest BCUT2D eigenvalue weighted by Crippen LogP contribution is 2.30. The largest absolute Gasteiger partial charge is 0.470 e. The molecule has 2 aromatic carbocycles. The zero-order valence-corrected chi connectivity index (χ0v) is 19.2. The highest BCUT2D eigenvalue weighted by atomic mass is 16.5. The Balaban J connectivity index is 0.000000398. The van der Waals surface area contributed by atoms with Crippen molar-refractivity contribution in [3.63, 3.8) is 0 Å². The number of hydrogen-bond acceptors (Lipinski definition) is 6. The summed E-state index contributed by atoms with van der Waals surface area (Å²) in [6, 6.07) is 23.9. The maximum absolute atomic E-state index is 8.84. The Kier molecular flexibility index (Phi) is 7.88. The average molecular weight is 453 g/mol. The van der Waals surface area contributed by atoms with E-state index in [4.69, 9.17) is 10.00 Å². The van der Waals surface area contributed by atoms with Crippen molar-refractivity contribution in [2.75, 3.05) is 25.0 Å². The Bertz CT molecular complexity index is 1190. The molecule has 2 aromatic heterocycles. The van der Waals surface area contributed by atoms with Gasteiger partial charge in [-0.1, -0.05) is 48.5 Å². The fourth-order valence-corrected chi connectivity index (χ4v) is 3.55. The summed E-state index contributed by atoms with van der Waals surface area (Å²) in [4.78, 5) is 11.9. The normalized spacial score (nSPS) is 13.9. The highest BCUT2D eigenvalue weighted by Gasteiger charge is 2.20. The summed E-state index contributed by atoms with van der Waals surface area (Å²) in [6.45, 7) is 4.25. The van der Waals surface area contributed by atoms with E-state index >= 15 is 0 Å². The number of ether oxygens (including phenoxy) is 1. The van der Waals surface area contributed by atoms with Gasteiger partial charge in [-0.15, -0.1) is 0 Å². The van der Waals surface area contributed by atoms with Gasteiger partial charge in [-0.2, -0.15) is 5.26 Å². The summed E-state index contributed by atoms with van der Waals surface area (Å²) in [5.41, 5.74) is 4.73. The SMILES string of the molecule is Cc1ncc(-c2cnc3c(c2)NCC(CNCCc2ccc(C#N)cc2)O3)[nH]1.c1ccccc1.